The fourth-order valence-corrected chi connectivity index (χ4v) is 3.00. The van der Waals surface area contributed by atoms with Crippen molar-refractivity contribution in [3.8, 4) is 0 Å². The van der Waals surface area contributed by atoms with Crippen molar-refractivity contribution in [3.63, 3.8) is 0 Å². The van der Waals surface area contributed by atoms with Crippen molar-refractivity contribution in [1.29, 1.82) is 0 Å². The summed E-state index contributed by atoms with van der Waals surface area (Å²) in [6.07, 6.45) is 1.10. The zero-order valence-corrected chi connectivity index (χ0v) is 17.5. The van der Waals surface area contributed by atoms with Gasteiger partial charge in [0.05, 0.1) is 5.25 Å². The van der Waals surface area contributed by atoms with Crippen LogP contribution in [0, 0.1) is 0 Å². The van der Waals surface area contributed by atoms with E-state index in [1.807, 2.05) is 12.1 Å². The number of rotatable bonds is 5. The van der Waals surface area contributed by atoms with Crippen LogP contribution in [0.15, 0.2) is 36.4 Å². The number of thiol groups is 1. The number of aryl methyl sites for hydroxylation is 1. The monoisotopic (exact) mass is 437 g/mol. The Balaban J connectivity index is 0.000000271. The molecule has 1 atom stereocenters. The lowest BCUT2D eigenvalue weighted by atomic mass is 10.1. The first kappa shape index (κ1) is 22.6. The maximum atomic E-state index is 11.3. The molecule has 7 heteroatoms. The van der Waals surface area contributed by atoms with Crippen LogP contribution in [-0.4, -0.2) is 11.0 Å². The highest BCUT2D eigenvalue weighted by atomic mass is 35.5. The van der Waals surface area contributed by atoms with E-state index in [2.05, 4.69) is 12.6 Å². The highest BCUT2D eigenvalue weighted by molar-refractivity contribution is 7.81. The van der Waals surface area contributed by atoms with Gasteiger partial charge < -0.3 is 5.73 Å². The van der Waals surface area contributed by atoms with E-state index in [0.29, 0.717) is 39.5 Å². The number of carbonyl (C=O) groups is 1. The summed E-state index contributed by atoms with van der Waals surface area (Å²) in [4.78, 5) is 11.3. The zero-order valence-electron chi connectivity index (χ0n) is 13.6. The van der Waals surface area contributed by atoms with Crippen LogP contribution in [0.3, 0.4) is 0 Å². The van der Waals surface area contributed by atoms with Crippen molar-refractivity contribution in [2.45, 2.75) is 31.6 Å². The van der Waals surface area contributed by atoms with E-state index >= 15 is 0 Å². The number of hydrogen-bond donors (Lipinski definition) is 2. The largest absolute Gasteiger partial charge is 0.326 e. The molecule has 0 aliphatic carbocycles. The molecular formula is C18H19Cl4NOS. The number of halogens is 4. The molecule has 0 aliphatic heterocycles. The molecule has 2 rings (SSSR count). The molecule has 136 valence electrons. The number of ketones is 1. The van der Waals surface area contributed by atoms with Gasteiger partial charge >= 0.3 is 0 Å². The lowest BCUT2D eigenvalue weighted by Gasteiger charge is -2.05. The van der Waals surface area contributed by atoms with Gasteiger partial charge in [0, 0.05) is 33.1 Å². The van der Waals surface area contributed by atoms with E-state index < -0.39 is 0 Å². The molecule has 2 aromatic rings. The van der Waals surface area contributed by atoms with Crippen molar-refractivity contribution in [2.75, 3.05) is 0 Å². The SMILES string of the molecule is CC(S)C(=O)CCc1ccc(Cl)cc1Cl.NCc1ccc(Cl)cc1Cl. The van der Waals surface area contributed by atoms with E-state index in [9.17, 15) is 4.79 Å². The van der Waals surface area contributed by atoms with Gasteiger partial charge in [-0.05, 0) is 48.7 Å². The molecule has 0 radical (unpaired) electrons. The Morgan fingerprint density at radius 1 is 1.00 bits per heavy atom. The predicted molar refractivity (Wildman–Crippen MR) is 113 cm³/mol. The predicted octanol–water partition coefficient (Wildman–Crippen LogP) is 6.27. The van der Waals surface area contributed by atoms with E-state index in [1.165, 1.54) is 0 Å². The first-order valence-electron chi connectivity index (χ1n) is 7.53. The van der Waals surface area contributed by atoms with Gasteiger partial charge in [-0.3, -0.25) is 4.79 Å². The molecule has 2 aromatic carbocycles. The smallest absolute Gasteiger partial charge is 0.145 e. The molecule has 2 N–H and O–H groups in total. The van der Waals surface area contributed by atoms with Crippen LogP contribution in [0.4, 0.5) is 0 Å². The van der Waals surface area contributed by atoms with Crippen LogP contribution in [0.5, 0.6) is 0 Å². The number of hydrogen-bond acceptors (Lipinski definition) is 3. The Kier molecular flexibility index (Phi) is 10.2. The molecular weight excluding hydrogens is 420 g/mol. The van der Waals surface area contributed by atoms with Crippen LogP contribution < -0.4 is 5.73 Å². The van der Waals surface area contributed by atoms with Crippen LogP contribution >= 0.6 is 59.0 Å². The summed E-state index contributed by atoms with van der Waals surface area (Å²) in [6, 6.07) is 10.6. The van der Waals surface area contributed by atoms with Crippen LogP contribution in [0.2, 0.25) is 20.1 Å². The second kappa shape index (κ2) is 11.3. The second-order valence-electron chi connectivity index (χ2n) is 5.32. The van der Waals surface area contributed by atoms with Crippen molar-refractivity contribution >= 4 is 64.8 Å². The van der Waals surface area contributed by atoms with Gasteiger partial charge in [-0.15, -0.1) is 0 Å². The maximum Gasteiger partial charge on any atom is 0.145 e. The Morgan fingerprint density at radius 3 is 1.88 bits per heavy atom. The van der Waals surface area contributed by atoms with E-state index in [-0.39, 0.29) is 11.0 Å². The second-order valence-corrected chi connectivity index (χ2v) is 7.78. The normalized spacial score (nSPS) is 11.5. The van der Waals surface area contributed by atoms with Crippen LogP contribution in [0.1, 0.15) is 24.5 Å². The molecule has 2 nitrogen and oxygen atoms in total. The molecule has 0 fully saturated rings. The fraction of sp³-hybridized carbons (Fsp3) is 0.278. The lowest BCUT2D eigenvalue weighted by Crippen LogP contribution is -2.11. The minimum Gasteiger partial charge on any atom is -0.326 e. The standard InChI is InChI=1S/C11H12Cl2OS.C7H7Cl2N/c1-7(15)11(14)5-3-8-2-4-9(12)6-10(8)13;8-6-2-1-5(4-10)7(9)3-6/h2,4,6-7,15H,3,5H2,1H3;1-3H,4,10H2. The third-order valence-electron chi connectivity index (χ3n) is 3.36. The highest BCUT2D eigenvalue weighted by Crippen LogP contribution is 2.22. The highest BCUT2D eigenvalue weighted by Gasteiger charge is 2.09. The van der Waals surface area contributed by atoms with E-state index in [1.54, 1.807) is 31.2 Å². The van der Waals surface area contributed by atoms with Crippen molar-refractivity contribution in [3.05, 3.63) is 67.6 Å². The number of carbonyl (C=O) groups excluding carboxylic acids is 1. The minimum atomic E-state index is -0.212. The summed E-state index contributed by atoms with van der Waals surface area (Å²) in [5.41, 5.74) is 7.24. The summed E-state index contributed by atoms with van der Waals surface area (Å²) in [6.45, 7) is 2.23. The Hall–Kier alpha value is -0.420. The van der Waals surface area contributed by atoms with Gasteiger partial charge in [0.2, 0.25) is 0 Å². The van der Waals surface area contributed by atoms with Gasteiger partial charge in [0.25, 0.3) is 0 Å². The Labute approximate surface area is 174 Å². The van der Waals surface area contributed by atoms with Gasteiger partial charge in [-0.1, -0.05) is 58.5 Å². The fourth-order valence-electron chi connectivity index (χ4n) is 1.88. The Bertz CT molecular complexity index is 722. The quantitative estimate of drug-likeness (QED) is 0.540. The molecule has 1 unspecified atom stereocenters. The summed E-state index contributed by atoms with van der Waals surface area (Å²) in [5.74, 6) is 0.129. The third-order valence-corrected chi connectivity index (χ3v) is 4.82. The van der Waals surface area contributed by atoms with E-state index in [0.717, 1.165) is 11.1 Å². The van der Waals surface area contributed by atoms with Crippen LogP contribution in [0.25, 0.3) is 0 Å². The average Bonchev–Trinajstić information content (AvgIpc) is 2.54. The zero-order chi connectivity index (χ0) is 19.0. The number of Topliss-reactive ketones (excluding diaryl/α,β-unsaturated/α-hetero) is 1. The minimum absolute atomic E-state index is 0.129. The van der Waals surface area contributed by atoms with Gasteiger partial charge in [-0.2, -0.15) is 12.6 Å². The molecule has 0 saturated carbocycles. The van der Waals surface area contributed by atoms with Crippen molar-refractivity contribution in [1.82, 2.24) is 0 Å². The average molecular weight is 439 g/mol. The number of benzene rings is 2. The third kappa shape index (κ3) is 8.21. The topological polar surface area (TPSA) is 43.1 Å². The van der Waals surface area contributed by atoms with Crippen LogP contribution in [-0.2, 0) is 17.8 Å². The molecule has 0 amide bonds. The summed E-state index contributed by atoms with van der Waals surface area (Å²) in [7, 11) is 0. The van der Waals surface area contributed by atoms with Crippen molar-refractivity contribution < 1.29 is 4.79 Å². The van der Waals surface area contributed by atoms with Gasteiger partial charge in [0.15, 0.2) is 0 Å². The van der Waals surface area contributed by atoms with Gasteiger partial charge in [0.1, 0.15) is 5.78 Å². The molecule has 0 bridgehead atoms. The van der Waals surface area contributed by atoms with Gasteiger partial charge in [-0.25, -0.2) is 0 Å². The summed E-state index contributed by atoms with van der Waals surface area (Å²) < 4.78 is 0. The molecule has 0 heterocycles. The molecule has 0 aromatic heterocycles. The molecule has 0 spiro atoms. The first-order valence-corrected chi connectivity index (χ1v) is 9.56. The molecule has 25 heavy (non-hydrogen) atoms. The summed E-state index contributed by atoms with van der Waals surface area (Å²) >= 11 is 27.2. The summed E-state index contributed by atoms with van der Waals surface area (Å²) in [5, 5.41) is 2.29. The lowest BCUT2D eigenvalue weighted by molar-refractivity contribution is -0.118. The van der Waals surface area contributed by atoms with E-state index in [4.69, 9.17) is 52.1 Å². The molecule has 0 aliphatic rings. The number of nitrogens with two attached hydrogens (primary N) is 1. The molecule has 0 saturated heterocycles. The first-order chi connectivity index (χ1) is 11.7. The maximum absolute atomic E-state index is 11.3. The Morgan fingerprint density at radius 2 is 1.48 bits per heavy atom. The van der Waals surface area contributed by atoms with Crippen molar-refractivity contribution in [2.24, 2.45) is 5.73 Å².